The normalized spacial score (nSPS) is 13.2. The van der Waals surface area contributed by atoms with Crippen LogP contribution in [0.2, 0.25) is 5.02 Å². The fourth-order valence-electron chi connectivity index (χ4n) is 1.79. The van der Waals surface area contributed by atoms with E-state index in [4.69, 9.17) is 11.6 Å². The lowest BCUT2D eigenvalue weighted by atomic mass is 10.2. The molecular formula is C13H17ClFNO4S. The van der Waals surface area contributed by atoms with E-state index in [1.165, 1.54) is 13.2 Å². The van der Waals surface area contributed by atoms with Crippen molar-refractivity contribution in [2.24, 2.45) is 5.92 Å². The van der Waals surface area contributed by atoms with Crippen molar-refractivity contribution in [3.8, 4) is 0 Å². The van der Waals surface area contributed by atoms with Gasteiger partial charge in [0.2, 0.25) is 10.0 Å². The zero-order chi connectivity index (χ0) is 16.2. The highest BCUT2D eigenvalue weighted by atomic mass is 35.5. The number of sulfonamides is 1. The third-order valence-corrected chi connectivity index (χ3v) is 5.37. The summed E-state index contributed by atoms with van der Waals surface area (Å²) in [4.78, 5) is 11.1. The molecule has 0 amide bonds. The maximum Gasteiger partial charge on any atom is 0.309 e. The van der Waals surface area contributed by atoms with Crippen LogP contribution in [0.3, 0.4) is 0 Å². The number of halogens is 2. The molecule has 0 saturated heterocycles. The fraction of sp³-hybridized carbons (Fsp3) is 0.462. The molecule has 0 aliphatic carbocycles. The van der Waals surface area contributed by atoms with Crippen LogP contribution in [-0.2, 0) is 19.6 Å². The Morgan fingerprint density at radius 1 is 1.48 bits per heavy atom. The Morgan fingerprint density at radius 3 is 2.62 bits per heavy atom. The average Bonchev–Trinajstić information content (AvgIpc) is 2.45. The minimum Gasteiger partial charge on any atom is -0.469 e. The summed E-state index contributed by atoms with van der Waals surface area (Å²) < 4.78 is 43.9. The second kappa shape index (κ2) is 7.20. The van der Waals surface area contributed by atoms with E-state index in [1.807, 2.05) is 0 Å². The maximum absolute atomic E-state index is 13.3. The Hall–Kier alpha value is -1.18. The van der Waals surface area contributed by atoms with Crippen LogP contribution in [0, 0.1) is 11.7 Å². The van der Waals surface area contributed by atoms with Crippen LogP contribution in [0.25, 0.3) is 0 Å². The first-order chi connectivity index (χ1) is 9.73. The first-order valence-corrected chi connectivity index (χ1v) is 8.08. The minimum atomic E-state index is -3.99. The highest BCUT2D eigenvalue weighted by molar-refractivity contribution is 7.89. The van der Waals surface area contributed by atoms with E-state index in [0.717, 1.165) is 16.4 Å². The predicted octanol–water partition coefficient (Wildman–Crippen LogP) is 2.30. The van der Waals surface area contributed by atoms with E-state index in [9.17, 15) is 17.6 Å². The molecule has 5 nitrogen and oxygen atoms in total. The number of hydrogen-bond donors (Lipinski definition) is 0. The summed E-state index contributed by atoms with van der Waals surface area (Å²) in [7, 11) is -2.76. The van der Waals surface area contributed by atoms with Crippen LogP contribution in [-0.4, -0.2) is 38.9 Å². The van der Waals surface area contributed by atoms with Crippen molar-refractivity contribution in [3.05, 3.63) is 29.0 Å². The number of carbonyl (C=O) groups is 1. The summed E-state index contributed by atoms with van der Waals surface area (Å²) in [6, 6.07) is 3.12. The Balaban J connectivity index is 3.14. The predicted molar refractivity (Wildman–Crippen MR) is 77.0 cm³/mol. The van der Waals surface area contributed by atoms with Crippen LogP contribution < -0.4 is 0 Å². The molecule has 21 heavy (non-hydrogen) atoms. The van der Waals surface area contributed by atoms with Gasteiger partial charge in [0.1, 0.15) is 10.7 Å². The van der Waals surface area contributed by atoms with Crippen molar-refractivity contribution in [1.29, 1.82) is 0 Å². The molecule has 0 spiro atoms. The summed E-state index contributed by atoms with van der Waals surface area (Å²) in [6.07, 6.45) is 0. The molecule has 0 saturated carbocycles. The number of rotatable bonds is 6. The molecule has 0 N–H and O–H groups in total. The summed E-state index contributed by atoms with van der Waals surface area (Å²) in [6.45, 7) is 3.22. The Kier molecular flexibility index (Phi) is 6.12. The zero-order valence-corrected chi connectivity index (χ0v) is 13.5. The first-order valence-electron chi connectivity index (χ1n) is 6.27. The molecule has 0 aromatic heterocycles. The zero-order valence-electron chi connectivity index (χ0n) is 12.0. The van der Waals surface area contributed by atoms with E-state index in [2.05, 4.69) is 4.74 Å². The van der Waals surface area contributed by atoms with E-state index >= 15 is 0 Å². The molecule has 0 radical (unpaired) electrons. The van der Waals surface area contributed by atoms with Gasteiger partial charge in [-0.05, 0) is 18.2 Å². The van der Waals surface area contributed by atoms with Gasteiger partial charge in [0.25, 0.3) is 0 Å². The van der Waals surface area contributed by atoms with E-state index < -0.39 is 27.7 Å². The van der Waals surface area contributed by atoms with Gasteiger partial charge in [-0.1, -0.05) is 25.4 Å². The van der Waals surface area contributed by atoms with Crippen molar-refractivity contribution >= 4 is 27.6 Å². The molecule has 118 valence electrons. The molecule has 8 heteroatoms. The van der Waals surface area contributed by atoms with E-state index in [0.29, 0.717) is 0 Å². The van der Waals surface area contributed by atoms with Gasteiger partial charge >= 0.3 is 5.97 Å². The quantitative estimate of drug-likeness (QED) is 0.747. The van der Waals surface area contributed by atoms with Gasteiger partial charge in [-0.15, -0.1) is 0 Å². The Bertz CT molecular complexity index is 621. The molecule has 0 heterocycles. The summed E-state index contributed by atoms with van der Waals surface area (Å²) >= 11 is 5.84. The lowest BCUT2D eigenvalue weighted by Gasteiger charge is -2.23. The second-order valence-corrected chi connectivity index (χ2v) is 6.77. The average molecular weight is 338 g/mol. The number of nitrogens with zero attached hydrogens (tertiary/aromatic N) is 1. The van der Waals surface area contributed by atoms with Gasteiger partial charge in [0.05, 0.1) is 18.1 Å². The standard InChI is InChI=1S/C13H17ClFNO4S/c1-4-16(8-9(2)13(17)20-3)21(18,19)12-7-10(15)5-6-11(12)14/h5-7,9H,4,8H2,1-3H3. The Labute approximate surface area is 128 Å². The SMILES string of the molecule is CCN(CC(C)C(=O)OC)S(=O)(=O)c1cc(F)ccc1Cl. The number of esters is 1. The van der Waals surface area contributed by atoms with Gasteiger partial charge in [-0.2, -0.15) is 4.31 Å². The lowest BCUT2D eigenvalue weighted by Crippen LogP contribution is -2.37. The van der Waals surface area contributed by atoms with Crippen LogP contribution in [0.5, 0.6) is 0 Å². The lowest BCUT2D eigenvalue weighted by molar-refractivity contribution is -0.145. The molecule has 1 aromatic carbocycles. The molecular weight excluding hydrogens is 321 g/mol. The van der Waals surface area contributed by atoms with E-state index in [-0.39, 0.29) is 23.0 Å². The fourth-order valence-corrected chi connectivity index (χ4v) is 3.82. The molecule has 1 unspecified atom stereocenters. The highest BCUT2D eigenvalue weighted by Gasteiger charge is 2.29. The van der Waals surface area contributed by atoms with Crippen molar-refractivity contribution in [2.75, 3.05) is 20.2 Å². The summed E-state index contributed by atoms with van der Waals surface area (Å²) in [5.74, 6) is -1.86. The van der Waals surface area contributed by atoms with Gasteiger partial charge in [0.15, 0.2) is 0 Å². The van der Waals surface area contributed by atoms with E-state index in [1.54, 1.807) is 13.8 Å². The van der Waals surface area contributed by atoms with Gasteiger partial charge in [0, 0.05) is 13.1 Å². The molecule has 1 aromatic rings. The molecule has 0 aliphatic heterocycles. The number of carbonyl (C=O) groups excluding carboxylic acids is 1. The van der Waals surface area contributed by atoms with Crippen molar-refractivity contribution in [1.82, 2.24) is 4.31 Å². The van der Waals surface area contributed by atoms with Crippen molar-refractivity contribution in [2.45, 2.75) is 18.7 Å². The van der Waals surface area contributed by atoms with Crippen molar-refractivity contribution in [3.63, 3.8) is 0 Å². The molecule has 1 atom stereocenters. The largest absolute Gasteiger partial charge is 0.469 e. The van der Waals surface area contributed by atoms with Gasteiger partial charge in [-0.3, -0.25) is 4.79 Å². The number of hydrogen-bond acceptors (Lipinski definition) is 4. The van der Waals surface area contributed by atoms with Gasteiger partial charge < -0.3 is 4.74 Å². The van der Waals surface area contributed by atoms with Crippen LogP contribution in [0.1, 0.15) is 13.8 Å². The molecule has 0 fully saturated rings. The minimum absolute atomic E-state index is 0.0689. The van der Waals surface area contributed by atoms with Crippen LogP contribution >= 0.6 is 11.6 Å². The van der Waals surface area contributed by atoms with Crippen LogP contribution in [0.15, 0.2) is 23.1 Å². The Morgan fingerprint density at radius 2 is 2.10 bits per heavy atom. The first kappa shape index (κ1) is 17.9. The summed E-state index contributed by atoms with van der Waals surface area (Å²) in [5, 5.41) is -0.0689. The molecule has 0 aliphatic rings. The number of methoxy groups -OCH3 is 1. The topological polar surface area (TPSA) is 63.7 Å². The second-order valence-electron chi connectivity index (χ2n) is 4.45. The van der Waals surface area contributed by atoms with Crippen LogP contribution in [0.4, 0.5) is 4.39 Å². The monoisotopic (exact) mass is 337 g/mol. The third kappa shape index (κ3) is 4.15. The molecule has 0 bridgehead atoms. The van der Waals surface area contributed by atoms with Gasteiger partial charge in [-0.25, -0.2) is 12.8 Å². The number of ether oxygens (including phenoxy) is 1. The third-order valence-electron chi connectivity index (χ3n) is 2.94. The summed E-state index contributed by atoms with van der Waals surface area (Å²) in [5.41, 5.74) is 0. The molecule has 1 rings (SSSR count). The number of benzene rings is 1. The maximum atomic E-state index is 13.3. The highest BCUT2D eigenvalue weighted by Crippen LogP contribution is 2.26. The van der Waals surface area contributed by atoms with Crippen molar-refractivity contribution < 1.29 is 22.3 Å². The smallest absolute Gasteiger partial charge is 0.309 e.